The van der Waals surface area contributed by atoms with Gasteiger partial charge in [0.25, 0.3) is 0 Å². The van der Waals surface area contributed by atoms with Crippen LogP contribution in [0.4, 0.5) is 0 Å². The Morgan fingerprint density at radius 1 is 1.33 bits per heavy atom. The highest BCUT2D eigenvalue weighted by atomic mass is 15.0. The van der Waals surface area contributed by atoms with E-state index in [9.17, 15) is 0 Å². The maximum atomic E-state index is 4.72. The number of imidazole rings is 1. The number of pyridine rings is 1. The van der Waals surface area contributed by atoms with Gasteiger partial charge in [0.05, 0.1) is 5.69 Å². The first-order valence-electron chi connectivity index (χ1n) is 6.52. The zero-order chi connectivity index (χ0) is 12.4. The van der Waals surface area contributed by atoms with E-state index in [4.69, 9.17) is 4.98 Å². The summed E-state index contributed by atoms with van der Waals surface area (Å²) in [5.41, 5.74) is 3.31. The van der Waals surface area contributed by atoms with Crippen LogP contribution in [0.5, 0.6) is 0 Å². The number of aromatic amines is 1. The summed E-state index contributed by atoms with van der Waals surface area (Å²) in [7, 11) is 0. The first-order chi connectivity index (χ1) is 8.83. The Kier molecular flexibility index (Phi) is 3.11. The van der Waals surface area contributed by atoms with E-state index >= 15 is 0 Å². The second-order valence-corrected chi connectivity index (χ2v) is 4.89. The number of hydrogen-bond acceptors (Lipinski definition) is 3. The fourth-order valence-electron chi connectivity index (χ4n) is 2.57. The zero-order valence-electron chi connectivity index (χ0n) is 10.6. The van der Waals surface area contributed by atoms with E-state index in [-0.39, 0.29) is 0 Å². The molecule has 0 aliphatic carbocycles. The van der Waals surface area contributed by atoms with Crippen molar-refractivity contribution < 1.29 is 0 Å². The highest BCUT2D eigenvalue weighted by Gasteiger charge is 2.17. The Hall–Kier alpha value is -1.68. The lowest BCUT2D eigenvalue weighted by molar-refractivity contribution is 0.588. The van der Waals surface area contributed by atoms with Gasteiger partial charge in [-0.2, -0.15) is 0 Å². The lowest BCUT2D eigenvalue weighted by atomic mass is 10.1. The Morgan fingerprint density at radius 3 is 2.89 bits per heavy atom. The van der Waals surface area contributed by atoms with Crippen LogP contribution in [-0.2, 0) is 6.42 Å². The van der Waals surface area contributed by atoms with Crippen LogP contribution in [0.1, 0.15) is 24.4 Å². The summed E-state index contributed by atoms with van der Waals surface area (Å²) in [5.74, 6) is 1.08. The van der Waals surface area contributed by atoms with Gasteiger partial charge in [-0.1, -0.05) is 0 Å². The summed E-state index contributed by atoms with van der Waals surface area (Å²) in [6, 6.07) is 4.59. The van der Waals surface area contributed by atoms with Gasteiger partial charge in [-0.25, -0.2) is 4.98 Å². The molecule has 1 aliphatic heterocycles. The van der Waals surface area contributed by atoms with Crippen LogP contribution in [0.15, 0.2) is 24.5 Å². The fourth-order valence-corrected chi connectivity index (χ4v) is 2.57. The van der Waals surface area contributed by atoms with Gasteiger partial charge in [-0.15, -0.1) is 0 Å². The van der Waals surface area contributed by atoms with E-state index in [0.29, 0.717) is 6.04 Å². The van der Waals surface area contributed by atoms with Crippen molar-refractivity contribution in [1.29, 1.82) is 0 Å². The molecule has 1 aliphatic rings. The van der Waals surface area contributed by atoms with Gasteiger partial charge >= 0.3 is 0 Å². The summed E-state index contributed by atoms with van der Waals surface area (Å²) < 4.78 is 0. The largest absolute Gasteiger partial charge is 0.346 e. The molecule has 1 unspecified atom stereocenters. The molecule has 1 fully saturated rings. The van der Waals surface area contributed by atoms with E-state index in [1.165, 1.54) is 12.8 Å². The van der Waals surface area contributed by atoms with Gasteiger partial charge in [0, 0.05) is 36.1 Å². The van der Waals surface area contributed by atoms with Gasteiger partial charge in [-0.05, 0) is 38.4 Å². The van der Waals surface area contributed by atoms with Crippen LogP contribution in [0.25, 0.3) is 11.3 Å². The Labute approximate surface area is 107 Å². The van der Waals surface area contributed by atoms with E-state index in [1.54, 1.807) is 0 Å². The van der Waals surface area contributed by atoms with E-state index in [2.05, 4.69) is 22.2 Å². The first-order valence-corrected chi connectivity index (χ1v) is 6.52. The molecule has 94 valence electrons. The van der Waals surface area contributed by atoms with Crippen LogP contribution in [0.3, 0.4) is 0 Å². The van der Waals surface area contributed by atoms with Crippen molar-refractivity contribution in [2.45, 2.75) is 32.2 Å². The summed E-state index contributed by atoms with van der Waals surface area (Å²) in [6.07, 6.45) is 7.14. The number of aromatic nitrogens is 3. The second kappa shape index (κ2) is 4.90. The van der Waals surface area contributed by atoms with Crippen molar-refractivity contribution in [2.24, 2.45) is 0 Å². The average Bonchev–Trinajstić information content (AvgIpc) is 3.01. The molecule has 1 saturated heterocycles. The lowest BCUT2D eigenvalue weighted by Crippen LogP contribution is -2.24. The standard InChI is InChI=1S/C14H18N4/c1-10-14(11-4-7-15-8-5-11)18-13(17-10)9-12-3-2-6-16-12/h4-5,7-8,12,16H,2-3,6,9H2,1H3,(H,17,18). The van der Waals surface area contributed by atoms with Crippen molar-refractivity contribution >= 4 is 0 Å². The van der Waals surface area contributed by atoms with Gasteiger partial charge in [0.15, 0.2) is 0 Å². The number of H-pyrrole nitrogens is 1. The van der Waals surface area contributed by atoms with Crippen LogP contribution in [0, 0.1) is 6.92 Å². The number of hydrogen-bond donors (Lipinski definition) is 2. The maximum Gasteiger partial charge on any atom is 0.108 e. The van der Waals surface area contributed by atoms with Crippen molar-refractivity contribution in [3.8, 4) is 11.3 Å². The number of rotatable bonds is 3. The third-order valence-electron chi connectivity index (χ3n) is 3.49. The minimum Gasteiger partial charge on any atom is -0.346 e. The molecular weight excluding hydrogens is 224 g/mol. The minimum absolute atomic E-state index is 0.584. The smallest absolute Gasteiger partial charge is 0.108 e. The normalized spacial score (nSPS) is 19.3. The topological polar surface area (TPSA) is 53.6 Å². The monoisotopic (exact) mass is 242 g/mol. The van der Waals surface area contributed by atoms with Crippen molar-refractivity contribution in [2.75, 3.05) is 6.54 Å². The minimum atomic E-state index is 0.584. The number of nitrogens with zero attached hydrogens (tertiary/aromatic N) is 2. The molecule has 0 radical (unpaired) electrons. The molecule has 4 nitrogen and oxygen atoms in total. The molecule has 3 rings (SSSR count). The van der Waals surface area contributed by atoms with Crippen LogP contribution < -0.4 is 5.32 Å². The summed E-state index contributed by atoms with van der Waals surface area (Å²) in [5, 5.41) is 3.50. The predicted octanol–water partition coefficient (Wildman–Crippen LogP) is 2.07. The SMILES string of the molecule is Cc1[nH]c(CC2CCCN2)nc1-c1ccncc1. The molecule has 3 heterocycles. The molecule has 2 N–H and O–H groups in total. The van der Waals surface area contributed by atoms with Crippen molar-refractivity contribution in [1.82, 2.24) is 20.3 Å². The third-order valence-corrected chi connectivity index (χ3v) is 3.49. The third kappa shape index (κ3) is 2.29. The molecule has 4 heteroatoms. The molecule has 0 bridgehead atoms. The van der Waals surface area contributed by atoms with Crippen molar-refractivity contribution in [3.05, 3.63) is 36.0 Å². The quantitative estimate of drug-likeness (QED) is 0.866. The highest BCUT2D eigenvalue weighted by molar-refractivity contribution is 5.61. The van der Waals surface area contributed by atoms with E-state index in [1.807, 2.05) is 24.5 Å². The molecular formula is C14H18N4. The number of nitrogens with one attached hydrogen (secondary N) is 2. The molecule has 2 aromatic rings. The van der Waals surface area contributed by atoms with Gasteiger partial charge in [0.2, 0.25) is 0 Å². The van der Waals surface area contributed by atoms with E-state index in [0.717, 1.165) is 35.7 Å². The zero-order valence-corrected chi connectivity index (χ0v) is 10.6. The van der Waals surface area contributed by atoms with Crippen molar-refractivity contribution in [3.63, 3.8) is 0 Å². The average molecular weight is 242 g/mol. The highest BCUT2D eigenvalue weighted by Crippen LogP contribution is 2.21. The van der Waals surface area contributed by atoms with E-state index < -0.39 is 0 Å². The molecule has 0 amide bonds. The van der Waals surface area contributed by atoms with Gasteiger partial charge in [0.1, 0.15) is 5.82 Å². The summed E-state index contributed by atoms with van der Waals surface area (Å²) in [6.45, 7) is 3.22. The molecule has 2 aromatic heterocycles. The first kappa shape index (κ1) is 11.4. The second-order valence-electron chi connectivity index (χ2n) is 4.89. The maximum absolute atomic E-state index is 4.72. The molecule has 18 heavy (non-hydrogen) atoms. The summed E-state index contributed by atoms with van der Waals surface area (Å²) in [4.78, 5) is 12.2. The lowest BCUT2D eigenvalue weighted by Gasteiger charge is -2.06. The fraction of sp³-hybridized carbons (Fsp3) is 0.429. The molecule has 0 saturated carbocycles. The van der Waals surface area contributed by atoms with Crippen LogP contribution in [-0.4, -0.2) is 27.5 Å². The Morgan fingerprint density at radius 2 is 2.17 bits per heavy atom. The Bertz CT molecular complexity index is 512. The van der Waals surface area contributed by atoms with Gasteiger partial charge < -0.3 is 10.3 Å². The Balaban J connectivity index is 1.82. The summed E-state index contributed by atoms with van der Waals surface area (Å²) >= 11 is 0. The van der Waals surface area contributed by atoms with Crippen LogP contribution >= 0.6 is 0 Å². The molecule has 1 atom stereocenters. The van der Waals surface area contributed by atoms with Crippen LogP contribution in [0.2, 0.25) is 0 Å². The number of aryl methyl sites for hydroxylation is 1. The molecule has 0 spiro atoms. The van der Waals surface area contributed by atoms with Gasteiger partial charge in [-0.3, -0.25) is 4.98 Å². The predicted molar refractivity (Wildman–Crippen MR) is 71.3 cm³/mol. The molecule has 0 aromatic carbocycles.